The topological polar surface area (TPSA) is 25.2 Å². The standard InChI is InChI=1S/C26H18N2S/c1-2-5-17(6-3-1)23-16-29-26(28-23)27-15-21-12-11-20-10-9-18-7-4-8-19-13-14-22(21)25(20)24(18)19/h1-16,18,24H/b27-15+. The van der Waals surface area contributed by atoms with E-state index in [1.807, 2.05) is 24.4 Å². The number of rotatable bonds is 3. The number of allylic oxidation sites excluding steroid dienone is 6. The molecule has 3 aliphatic carbocycles. The number of hydrogen-bond acceptors (Lipinski definition) is 3. The van der Waals surface area contributed by atoms with E-state index in [-0.39, 0.29) is 0 Å². The molecule has 3 aromatic rings. The number of hydrogen-bond donors (Lipinski definition) is 0. The molecule has 2 unspecified atom stereocenters. The van der Waals surface area contributed by atoms with Gasteiger partial charge in [0.25, 0.3) is 0 Å². The van der Waals surface area contributed by atoms with E-state index in [1.54, 1.807) is 11.3 Å². The van der Waals surface area contributed by atoms with Gasteiger partial charge >= 0.3 is 0 Å². The van der Waals surface area contributed by atoms with Gasteiger partial charge in [-0.1, -0.05) is 85.0 Å². The van der Waals surface area contributed by atoms with Gasteiger partial charge in [-0.05, 0) is 22.3 Å². The molecule has 0 spiro atoms. The summed E-state index contributed by atoms with van der Waals surface area (Å²) in [6, 6.07) is 14.6. The van der Waals surface area contributed by atoms with E-state index in [0.29, 0.717) is 11.8 Å². The van der Waals surface area contributed by atoms with Crippen LogP contribution in [0.5, 0.6) is 0 Å². The van der Waals surface area contributed by atoms with Crippen LogP contribution in [-0.2, 0) is 0 Å². The number of aromatic nitrogens is 1. The van der Waals surface area contributed by atoms with Crippen molar-refractivity contribution in [3.63, 3.8) is 0 Å². The SMILES string of the molecule is C1=CC2C=Cc3ccc(/C=N/c4nc(-c5ccccc5)cs4)c4c3C2C(=C1)C=C4. The van der Waals surface area contributed by atoms with Crippen molar-refractivity contribution >= 4 is 34.8 Å². The Hall–Kier alpha value is -3.30. The molecule has 1 heterocycles. The van der Waals surface area contributed by atoms with E-state index < -0.39 is 0 Å². The minimum atomic E-state index is 0.429. The van der Waals surface area contributed by atoms with Crippen molar-refractivity contribution in [2.45, 2.75) is 5.92 Å². The van der Waals surface area contributed by atoms with Crippen LogP contribution in [0, 0.1) is 5.92 Å². The van der Waals surface area contributed by atoms with E-state index in [4.69, 9.17) is 4.99 Å². The molecule has 0 radical (unpaired) electrons. The van der Waals surface area contributed by atoms with Crippen LogP contribution >= 0.6 is 11.3 Å². The maximum atomic E-state index is 4.70. The molecule has 0 N–H and O–H groups in total. The molecular weight excluding hydrogens is 372 g/mol. The highest BCUT2D eigenvalue weighted by Crippen LogP contribution is 2.47. The molecule has 6 rings (SSSR count). The van der Waals surface area contributed by atoms with E-state index in [9.17, 15) is 0 Å². The molecule has 0 amide bonds. The van der Waals surface area contributed by atoms with Crippen molar-refractivity contribution < 1.29 is 0 Å². The Bertz CT molecular complexity index is 1260. The Morgan fingerprint density at radius 1 is 0.966 bits per heavy atom. The van der Waals surface area contributed by atoms with Crippen molar-refractivity contribution in [3.8, 4) is 11.3 Å². The van der Waals surface area contributed by atoms with Gasteiger partial charge in [0.15, 0.2) is 0 Å². The third kappa shape index (κ3) is 2.78. The lowest BCUT2D eigenvalue weighted by Gasteiger charge is -2.35. The molecule has 3 aliphatic rings. The van der Waals surface area contributed by atoms with Crippen LogP contribution in [0.3, 0.4) is 0 Å². The minimum Gasteiger partial charge on any atom is -0.227 e. The number of thiazole rings is 1. The second-order valence-corrected chi connectivity index (χ2v) is 8.35. The highest BCUT2D eigenvalue weighted by Gasteiger charge is 2.32. The Morgan fingerprint density at radius 3 is 2.83 bits per heavy atom. The number of nitrogens with zero attached hydrogens (tertiary/aromatic N) is 2. The molecule has 2 aromatic carbocycles. The molecule has 0 saturated carbocycles. The molecule has 2 atom stereocenters. The summed E-state index contributed by atoms with van der Waals surface area (Å²) in [7, 11) is 0. The van der Waals surface area contributed by atoms with E-state index in [2.05, 4.69) is 77.2 Å². The summed E-state index contributed by atoms with van der Waals surface area (Å²) in [5, 5.41) is 2.85. The second-order valence-electron chi connectivity index (χ2n) is 7.51. The smallest absolute Gasteiger partial charge is 0.209 e. The lowest BCUT2D eigenvalue weighted by atomic mass is 9.68. The summed E-state index contributed by atoms with van der Waals surface area (Å²) in [6.45, 7) is 0. The molecule has 29 heavy (non-hydrogen) atoms. The predicted octanol–water partition coefficient (Wildman–Crippen LogP) is 6.81. The summed E-state index contributed by atoms with van der Waals surface area (Å²) < 4.78 is 0. The first-order chi connectivity index (χ1) is 14.4. The van der Waals surface area contributed by atoms with Gasteiger partial charge in [-0.2, -0.15) is 0 Å². The molecule has 1 aromatic heterocycles. The van der Waals surface area contributed by atoms with Gasteiger partial charge < -0.3 is 0 Å². The zero-order valence-electron chi connectivity index (χ0n) is 15.7. The molecule has 0 fully saturated rings. The summed E-state index contributed by atoms with van der Waals surface area (Å²) in [5.74, 6) is 0.878. The van der Waals surface area contributed by atoms with Crippen LogP contribution in [0.4, 0.5) is 5.13 Å². The number of benzene rings is 2. The highest BCUT2D eigenvalue weighted by atomic mass is 32.1. The lowest BCUT2D eigenvalue weighted by molar-refractivity contribution is 0.664. The van der Waals surface area contributed by atoms with Crippen molar-refractivity contribution in [3.05, 3.63) is 106 Å². The van der Waals surface area contributed by atoms with Crippen LogP contribution in [0.2, 0.25) is 0 Å². The Labute approximate surface area is 174 Å². The maximum Gasteiger partial charge on any atom is 0.209 e. The molecule has 0 bridgehead atoms. The van der Waals surface area contributed by atoms with Gasteiger partial charge in [0.2, 0.25) is 5.13 Å². The summed E-state index contributed by atoms with van der Waals surface area (Å²) in [4.78, 5) is 9.39. The van der Waals surface area contributed by atoms with Crippen LogP contribution < -0.4 is 0 Å². The molecule has 138 valence electrons. The van der Waals surface area contributed by atoms with Crippen LogP contribution in [-0.4, -0.2) is 11.2 Å². The zero-order chi connectivity index (χ0) is 19.2. The highest BCUT2D eigenvalue weighted by molar-refractivity contribution is 7.13. The lowest BCUT2D eigenvalue weighted by Crippen LogP contribution is -2.21. The van der Waals surface area contributed by atoms with Gasteiger partial charge in [0.1, 0.15) is 0 Å². The Kier molecular flexibility index (Phi) is 3.81. The summed E-state index contributed by atoms with van der Waals surface area (Å²) in [6.07, 6.45) is 17.8. The maximum absolute atomic E-state index is 4.70. The Morgan fingerprint density at radius 2 is 1.90 bits per heavy atom. The predicted molar refractivity (Wildman–Crippen MR) is 123 cm³/mol. The molecule has 3 heteroatoms. The van der Waals surface area contributed by atoms with Gasteiger partial charge in [0.05, 0.1) is 5.69 Å². The first-order valence-corrected chi connectivity index (χ1v) is 10.7. The fraction of sp³-hybridized carbons (Fsp3) is 0.0769. The molecule has 2 nitrogen and oxygen atoms in total. The van der Waals surface area contributed by atoms with Crippen molar-refractivity contribution in [1.29, 1.82) is 0 Å². The van der Waals surface area contributed by atoms with Crippen molar-refractivity contribution in [2.24, 2.45) is 10.9 Å². The summed E-state index contributed by atoms with van der Waals surface area (Å²) >= 11 is 1.58. The normalized spacial score (nSPS) is 20.8. The Balaban J connectivity index is 1.37. The van der Waals surface area contributed by atoms with Crippen LogP contribution in [0.1, 0.15) is 28.2 Å². The largest absolute Gasteiger partial charge is 0.227 e. The van der Waals surface area contributed by atoms with Gasteiger partial charge in [-0.3, -0.25) is 0 Å². The van der Waals surface area contributed by atoms with Crippen molar-refractivity contribution in [1.82, 2.24) is 4.98 Å². The van der Waals surface area contributed by atoms with Crippen LogP contribution in [0.15, 0.2) is 88.8 Å². The average Bonchev–Trinajstić information content (AvgIpc) is 3.26. The van der Waals surface area contributed by atoms with Gasteiger partial charge in [0, 0.05) is 34.6 Å². The third-order valence-electron chi connectivity index (χ3n) is 5.85. The monoisotopic (exact) mass is 390 g/mol. The third-order valence-corrected chi connectivity index (χ3v) is 6.60. The van der Waals surface area contributed by atoms with Gasteiger partial charge in [-0.15, -0.1) is 11.3 Å². The quantitative estimate of drug-likeness (QED) is 0.451. The minimum absolute atomic E-state index is 0.429. The fourth-order valence-electron chi connectivity index (χ4n) is 4.47. The van der Waals surface area contributed by atoms with E-state index in [1.165, 1.54) is 22.3 Å². The first-order valence-electron chi connectivity index (χ1n) is 9.83. The zero-order valence-corrected chi connectivity index (χ0v) is 16.5. The van der Waals surface area contributed by atoms with Crippen molar-refractivity contribution in [2.75, 3.05) is 0 Å². The first kappa shape index (κ1) is 16.6. The van der Waals surface area contributed by atoms with Gasteiger partial charge in [-0.25, -0.2) is 9.98 Å². The fourth-order valence-corrected chi connectivity index (χ4v) is 5.14. The second kappa shape index (κ2) is 6.64. The molecule has 0 aliphatic heterocycles. The van der Waals surface area contributed by atoms with E-state index in [0.717, 1.165) is 22.0 Å². The van der Waals surface area contributed by atoms with Crippen LogP contribution in [0.25, 0.3) is 23.4 Å². The summed E-state index contributed by atoms with van der Waals surface area (Å²) in [5.41, 5.74) is 8.70. The van der Waals surface area contributed by atoms with E-state index >= 15 is 0 Å². The number of aliphatic imine (C=N–C) groups is 1. The molecule has 0 saturated heterocycles. The molecular formula is C26H18N2S. The average molecular weight is 391 g/mol.